The molecule has 0 bridgehead atoms. The zero-order valence-electron chi connectivity index (χ0n) is 12.2. The monoisotopic (exact) mass is 334 g/mol. The summed E-state index contributed by atoms with van der Waals surface area (Å²) >= 11 is 6.00. The molecule has 0 radical (unpaired) electrons. The molecule has 0 atom stereocenters. The van der Waals surface area contributed by atoms with Crippen LogP contribution >= 0.6 is 11.6 Å². The molecule has 0 unspecified atom stereocenters. The van der Waals surface area contributed by atoms with Crippen molar-refractivity contribution < 1.29 is 8.42 Å². The molecule has 0 aliphatic carbocycles. The Morgan fingerprint density at radius 1 is 1.14 bits per heavy atom. The largest absolute Gasteiger partial charge is 0.332 e. The highest BCUT2D eigenvalue weighted by atomic mass is 35.5. The van der Waals surface area contributed by atoms with Crippen molar-refractivity contribution in [3.8, 4) is 0 Å². The summed E-state index contributed by atoms with van der Waals surface area (Å²) in [6.45, 7) is 1.91. The Morgan fingerprint density at radius 2 is 1.82 bits per heavy atom. The molecule has 0 amide bonds. The summed E-state index contributed by atoms with van der Waals surface area (Å²) in [5.74, 6) is 0.498. The van der Waals surface area contributed by atoms with Crippen LogP contribution in [0.2, 0.25) is 5.02 Å². The van der Waals surface area contributed by atoms with E-state index in [1.54, 1.807) is 42.3 Å². The SMILES string of the molecule is Cc1ccc(S(=O)(=O)N=C2Cc3ccc(Cl)cc3N2C)cc1. The van der Waals surface area contributed by atoms with Crippen LogP contribution in [-0.4, -0.2) is 21.3 Å². The summed E-state index contributed by atoms with van der Waals surface area (Å²) in [4.78, 5) is 1.97. The molecular formula is C16H15ClN2O2S. The zero-order chi connectivity index (χ0) is 15.9. The number of sulfonamides is 1. The van der Waals surface area contributed by atoms with Gasteiger partial charge in [-0.2, -0.15) is 8.42 Å². The maximum atomic E-state index is 12.4. The third-order valence-electron chi connectivity index (χ3n) is 3.69. The second-order valence-corrected chi connectivity index (χ2v) is 7.35. The molecule has 114 valence electrons. The molecule has 3 rings (SSSR count). The third kappa shape index (κ3) is 2.74. The molecule has 0 spiro atoms. The summed E-state index contributed by atoms with van der Waals surface area (Å²) in [6.07, 6.45) is 0.480. The van der Waals surface area contributed by atoms with Crippen molar-refractivity contribution >= 4 is 33.1 Å². The topological polar surface area (TPSA) is 49.7 Å². The highest BCUT2D eigenvalue weighted by molar-refractivity contribution is 7.90. The van der Waals surface area contributed by atoms with Crippen LogP contribution < -0.4 is 4.90 Å². The minimum absolute atomic E-state index is 0.202. The van der Waals surface area contributed by atoms with E-state index in [0.717, 1.165) is 16.8 Å². The van der Waals surface area contributed by atoms with Gasteiger partial charge in [0.05, 0.1) is 4.90 Å². The highest BCUT2D eigenvalue weighted by Crippen LogP contribution is 2.31. The van der Waals surface area contributed by atoms with Crippen molar-refractivity contribution in [1.82, 2.24) is 0 Å². The lowest BCUT2D eigenvalue weighted by Crippen LogP contribution is -2.23. The number of anilines is 1. The summed E-state index contributed by atoms with van der Waals surface area (Å²) in [7, 11) is -1.91. The summed E-state index contributed by atoms with van der Waals surface area (Å²) in [6, 6.07) is 12.2. The number of hydrogen-bond donors (Lipinski definition) is 0. The van der Waals surface area contributed by atoms with Crippen LogP contribution in [0.5, 0.6) is 0 Å². The molecule has 22 heavy (non-hydrogen) atoms. The lowest BCUT2D eigenvalue weighted by molar-refractivity contribution is 0.598. The first-order valence-corrected chi connectivity index (χ1v) is 8.61. The molecule has 4 nitrogen and oxygen atoms in total. The number of hydrogen-bond acceptors (Lipinski definition) is 2. The molecular weight excluding hydrogens is 320 g/mol. The molecule has 0 saturated heterocycles. The van der Waals surface area contributed by atoms with Gasteiger partial charge in [-0.3, -0.25) is 0 Å². The minimum Gasteiger partial charge on any atom is -0.332 e. The average molecular weight is 335 g/mol. The van der Waals surface area contributed by atoms with Crippen LogP contribution in [-0.2, 0) is 16.4 Å². The fourth-order valence-corrected chi connectivity index (χ4v) is 3.64. The van der Waals surface area contributed by atoms with E-state index >= 15 is 0 Å². The van der Waals surface area contributed by atoms with Gasteiger partial charge >= 0.3 is 0 Å². The number of likely N-dealkylation sites (N-methyl/N-ethyl adjacent to an activating group) is 1. The summed E-state index contributed by atoms with van der Waals surface area (Å²) in [5, 5.41) is 0.619. The molecule has 0 saturated carbocycles. The lowest BCUT2D eigenvalue weighted by Gasteiger charge is -2.13. The van der Waals surface area contributed by atoms with Crippen molar-refractivity contribution in [2.75, 3.05) is 11.9 Å². The molecule has 1 aliphatic heterocycles. The van der Waals surface area contributed by atoms with Gasteiger partial charge in [0, 0.05) is 24.2 Å². The zero-order valence-corrected chi connectivity index (χ0v) is 13.8. The Morgan fingerprint density at radius 3 is 2.50 bits per heavy atom. The van der Waals surface area contributed by atoms with E-state index in [2.05, 4.69) is 4.40 Å². The predicted octanol–water partition coefficient (Wildman–Crippen LogP) is 3.43. The second kappa shape index (κ2) is 5.41. The fraction of sp³-hybridized carbons (Fsp3) is 0.188. The van der Waals surface area contributed by atoms with Crippen molar-refractivity contribution in [2.45, 2.75) is 18.2 Å². The standard InChI is InChI=1S/C16H15ClN2O2S/c1-11-3-7-14(8-4-11)22(20,21)18-16-9-12-5-6-13(17)10-15(12)19(16)2/h3-8,10H,9H2,1-2H3. The number of amidine groups is 1. The van der Waals surface area contributed by atoms with Gasteiger partial charge < -0.3 is 4.90 Å². The van der Waals surface area contributed by atoms with Gasteiger partial charge in [0.25, 0.3) is 10.0 Å². The first-order valence-electron chi connectivity index (χ1n) is 6.79. The number of nitrogens with zero attached hydrogens (tertiary/aromatic N) is 2. The fourth-order valence-electron chi connectivity index (χ4n) is 2.42. The van der Waals surface area contributed by atoms with Gasteiger partial charge in [-0.25, -0.2) is 0 Å². The summed E-state index contributed by atoms with van der Waals surface area (Å²) < 4.78 is 28.9. The van der Waals surface area contributed by atoms with E-state index in [1.165, 1.54) is 0 Å². The molecule has 1 aliphatic rings. The van der Waals surface area contributed by atoms with Crippen LogP contribution in [0.3, 0.4) is 0 Å². The summed E-state index contributed by atoms with van der Waals surface area (Å²) in [5.41, 5.74) is 2.92. The normalized spacial score (nSPS) is 16.1. The van der Waals surface area contributed by atoms with Crippen LogP contribution in [0.25, 0.3) is 0 Å². The molecule has 2 aromatic rings. The van der Waals surface area contributed by atoms with Gasteiger partial charge in [-0.05, 0) is 36.8 Å². The van der Waals surface area contributed by atoms with Gasteiger partial charge in [0.1, 0.15) is 5.84 Å². The molecule has 2 aromatic carbocycles. The average Bonchev–Trinajstić information content (AvgIpc) is 2.75. The van der Waals surface area contributed by atoms with Crippen molar-refractivity contribution in [3.63, 3.8) is 0 Å². The third-order valence-corrected chi connectivity index (χ3v) is 5.24. The van der Waals surface area contributed by atoms with Crippen molar-refractivity contribution in [1.29, 1.82) is 0 Å². The van der Waals surface area contributed by atoms with Crippen molar-refractivity contribution in [3.05, 3.63) is 58.6 Å². The molecule has 1 heterocycles. The van der Waals surface area contributed by atoms with Gasteiger partial charge in [-0.15, -0.1) is 4.40 Å². The number of benzene rings is 2. The molecule has 6 heteroatoms. The van der Waals surface area contributed by atoms with E-state index < -0.39 is 10.0 Å². The number of fused-ring (bicyclic) bond motifs is 1. The second-order valence-electron chi connectivity index (χ2n) is 5.30. The van der Waals surface area contributed by atoms with Crippen LogP contribution in [0.1, 0.15) is 11.1 Å². The van der Waals surface area contributed by atoms with Gasteiger partial charge in [-0.1, -0.05) is 35.4 Å². The van der Waals surface area contributed by atoms with E-state index in [4.69, 9.17) is 11.6 Å². The van der Waals surface area contributed by atoms with Gasteiger partial charge in [0.2, 0.25) is 0 Å². The quantitative estimate of drug-likeness (QED) is 0.845. The number of halogens is 1. The van der Waals surface area contributed by atoms with Gasteiger partial charge in [0.15, 0.2) is 0 Å². The Bertz CT molecular complexity index is 858. The molecule has 0 fully saturated rings. The number of rotatable bonds is 2. The molecule has 0 aromatic heterocycles. The first-order chi connectivity index (χ1) is 10.4. The highest BCUT2D eigenvalue weighted by Gasteiger charge is 2.25. The number of aryl methyl sites for hydroxylation is 1. The van der Waals surface area contributed by atoms with Crippen molar-refractivity contribution in [2.24, 2.45) is 4.40 Å². The minimum atomic E-state index is -3.71. The maximum absolute atomic E-state index is 12.4. The van der Waals surface area contributed by atoms with Crippen LogP contribution in [0, 0.1) is 6.92 Å². The van der Waals surface area contributed by atoms with E-state index in [-0.39, 0.29) is 4.90 Å². The Hall–Kier alpha value is -1.85. The van der Waals surface area contributed by atoms with E-state index in [9.17, 15) is 8.42 Å². The van der Waals surface area contributed by atoms with E-state index in [1.807, 2.05) is 19.1 Å². The smallest absolute Gasteiger partial charge is 0.283 e. The van der Waals surface area contributed by atoms with Crippen LogP contribution in [0.15, 0.2) is 51.8 Å². The predicted molar refractivity (Wildman–Crippen MR) is 89.4 cm³/mol. The Kier molecular flexibility index (Phi) is 3.70. The maximum Gasteiger partial charge on any atom is 0.283 e. The first kappa shape index (κ1) is 15.1. The Labute approximate surface area is 135 Å². The lowest BCUT2D eigenvalue weighted by atomic mass is 10.2. The van der Waals surface area contributed by atoms with Crippen LogP contribution in [0.4, 0.5) is 5.69 Å². The molecule has 0 N–H and O–H groups in total. The van der Waals surface area contributed by atoms with E-state index in [0.29, 0.717) is 17.3 Å². The Balaban J connectivity index is 1.98.